The standard InChI is InChI=1S/C46H32/c1-5-34-35(6-2)43-27-26-38(40-19-13-18-39(34)46(40)43)30-21-23-31(24-22-30)44-36(7-3)37(8-4)45(42-17-12-11-16-41(42)44)33-25-20-29-14-9-10-15-32(29)28-33/h5-28H,1-4H2. The summed E-state index contributed by atoms with van der Waals surface area (Å²) in [7, 11) is 0. The minimum absolute atomic E-state index is 1.09. The molecule has 7 aromatic carbocycles. The lowest BCUT2D eigenvalue weighted by Gasteiger charge is -2.20. The zero-order chi connectivity index (χ0) is 31.4. The van der Waals surface area contributed by atoms with Gasteiger partial charge in [-0.05, 0) is 105 Å². The van der Waals surface area contributed by atoms with Crippen molar-refractivity contribution in [2.75, 3.05) is 0 Å². The second-order valence-corrected chi connectivity index (χ2v) is 11.8. The summed E-state index contributed by atoms with van der Waals surface area (Å²) in [5, 5.41) is 7.37. The van der Waals surface area contributed by atoms with Gasteiger partial charge < -0.3 is 0 Å². The van der Waals surface area contributed by atoms with E-state index in [1.54, 1.807) is 0 Å². The molecular formula is C46H32. The van der Waals surface area contributed by atoms with E-state index in [0.29, 0.717) is 0 Å². The van der Waals surface area contributed by atoms with Crippen molar-refractivity contribution in [1.82, 2.24) is 0 Å². The average Bonchev–Trinajstić information content (AvgIpc) is 3.44. The van der Waals surface area contributed by atoms with Gasteiger partial charge in [0.25, 0.3) is 0 Å². The molecule has 0 aromatic heterocycles. The van der Waals surface area contributed by atoms with E-state index in [2.05, 4.69) is 148 Å². The summed E-state index contributed by atoms with van der Waals surface area (Å²) in [6, 6.07) is 44.0. The molecule has 0 bridgehead atoms. The summed E-state index contributed by atoms with van der Waals surface area (Å²) in [6.07, 6.45) is 7.87. The molecule has 46 heavy (non-hydrogen) atoms. The summed E-state index contributed by atoms with van der Waals surface area (Å²) in [4.78, 5) is 0. The maximum absolute atomic E-state index is 4.30. The molecule has 0 fully saturated rings. The Hall–Kier alpha value is -5.98. The highest BCUT2D eigenvalue weighted by Crippen LogP contribution is 2.47. The van der Waals surface area contributed by atoms with Crippen LogP contribution in [0.5, 0.6) is 0 Å². The number of rotatable bonds is 7. The van der Waals surface area contributed by atoms with Gasteiger partial charge in [0.15, 0.2) is 0 Å². The average molecular weight is 585 g/mol. The van der Waals surface area contributed by atoms with Crippen LogP contribution in [0.1, 0.15) is 22.3 Å². The fraction of sp³-hybridized carbons (Fsp3) is 0. The monoisotopic (exact) mass is 584 g/mol. The Morgan fingerprint density at radius 2 is 0.891 bits per heavy atom. The number of benzene rings is 7. The Kier molecular flexibility index (Phi) is 6.52. The first-order valence-corrected chi connectivity index (χ1v) is 15.7. The molecule has 0 saturated heterocycles. The molecule has 0 N–H and O–H groups in total. The maximum atomic E-state index is 4.30. The Morgan fingerprint density at radius 1 is 0.370 bits per heavy atom. The summed E-state index contributed by atoms with van der Waals surface area (Å²) in [5.41, 5.74) is 14.0. The van der Waals surface area contributed by atoms with Crippen molar-refractivity contribution in [3.8, 4) is 33.4 Å². The zero-order valence-corrected chi connectivity index (χ0v) is 25.7. The molecule has 0 radical (unpaired) electrons. The maximum Gasteiger partial charge on any atom is -0.00201 e. The first-order valence-electron chi connectivity index (χ1n) is 15.7. The fourth-order valence-electron chi connectivity index (χ4n) is 7.52. The third kappa shape index (κ3) is 4.01. The Morgan fingerprint density at radius 3 is 1.54 bits per heavy atom. The number of fused-ring (bicyclic) bond motifs is 2. The highest BCUT2D eigenvalue weighted by atomic mass is 14.3. The van der Waals surface area contributed by atoms with Gasteiger partial charge in [0.1, 0.15) is 0 Å². The minimum Gasteiger partial charge on any atom is -0.0984 e. The first-order chi connectivity index (χ1) is 22.7. The van der Waals surface area contributed by atoms with Gasteiger partial charge in [-0.2, -0.15) is 0 Å². The largest absolute Gasteiger partial charge is 0.0984 e. The van der Waals surface area contributed by atoms with Crippen molar-refractivity contribution < 1.29 is 0 Å². The van der Waals surface area contributed by atoms with Crippen LogP contribution >= 0.6 is 0 Å². The predicted molar refractivity (Wildman–Crippen MR) is 203 cm³/mol. The van der Waals surface area contributed by atoms with Gasteiger partial charge in [0.05, 0.1) is 0 Å². The minimum atomic E-state index is 1.09. The van der Waals surface area contributed by atoms with E-state index < -0.39 is 0 Å². The third-order valence-electron chi connectivity index (χ3n) is 9.54. The topological polar surface area (TPSA) is 0 Å². The van der Waals surface area contributed by atoms with Gasteiger partial charge in [0, 0.05) is 0 Å². The van der Waals surface area contributed by atoms with Crippen LogP contribution in [0.4, 0.5) is 0 Å². The number of hydrogen-bond donors (Lipinski definition) is 0. The normalized spacial score (nSPS) is 12.2. The molecule has 1 aliphatic rings. The number of hydrogen-bond acceptors (Lipinski definition) is 0. The van der Waals surface area contributed by atoms with Crippen LogP contribution in [0, 0.1) is 0 Å². The molecule has 0 amide bonds. The van der Waals surface area contributed by atoms with Gasteiger partial charge in [-0.3, -0.25) is 0 Å². The molecule has 1 aliphatic carbocycles. The van der Waals surface area contributed by atoms with Crippen molar-refractivity contribution in [2.24, 2.45) is 0 Å². The van der Waals surface area contributed by atoms with Crippen molar-refractivity contribution in [1.29, 1.82) is 0 Å². The second kappa shape index (κ2) is 10.9. The Bertz CT molecular complexity index is 2440. The van der Waals surface area contributed by atoms with Crippen molar-refractivity contribution in [3.05, 3.63) is 182 Å². The molecule has 0 spiro atoms. The van der Waals surface area contributed by atoms with Gasteiger partial charge in [-0.1, -0.05) is 166 Å². The van der Waals surface area contributed by atoms with E-state index in [0.717, 1.165) is 27.8 Å². The quantitative estimate of drug-likeness (QED) is 0.175. The van der Waals surface area contributed by atoms with Crippen LogP contribution in [0.3, 0.4) is 0 Å². The summed E-state index contributed by atoms with van der Waals surface area (Å²) in [5.74, 6) is 0. The van der Waals surface area contributed by atoms with Crippen LogP contribution in [-0.2, 0) is 0 Å². The van der Waals surface area contributed by atoms with Gasteiger partial charge in [-0.25, -0.2) is 0 Å². The fourth-order valence-corrected chi connectivity index (χ4v) is 7.52. The van der Waals surface area contributed by atoms with Crippen LogP contribution in [0.15, 0.2) is 160 Å². The van der Waals surface area contributed by atoms with Gasteiger partial charge in [0.2, 0.25) is 0 Å². The summed E-state index contributed by atoms with van der Waals surface area (Å²) in [6.45, 7) is 16.8. The molecule has 7 aromatic rings. The van der Waals surface area contributed by atoms with Crippen LogP contribution in [0.25, 0.3) is 89.0 Å². The van der Waals surface area contributed by atoms with Crippen molar-refractivity contribution in [2.45, 2.75) is 0 Å². The number of allylic oxidation sites excluding steroid dienone is 4. The highest BCUT2D eigenvalue weighted by Gasteiger charge is 2.23. The highest BCUT2D eigenvalue weighted by molar-refractivity contribution is 6.20. The lowest BCUT2D eigenvalue weighted by molar-refractivity contribution is 1.58. The van der Waals surface area contributed by atoms with Crippen molar-refractivity contribution in [3.63, 3.8) is 0 Å². The molecule has 0 unspecified atom stereocenters. The zero-order valence-electron chi connectivity index (χ0n) is 25.7. The molecule has 0 aliphatic heterocycles. The van der Waals surface area contributed by atoms with Crippen molar-refractivity contribution >= 4 is 55.6 Å². The van der Waals surface area contributed by atoms with E-state index >= 15 is 0 Å². The molecule has 8 rings (SSSR count). The molecule has 0 heterocycles. The van der Waals surface area contributed by atoms with Crippen LogP contribution in [-0.4, -0.2) is 0 Å². The van der Waals surface area contributed by atoms with E-state index in [4.69, 9.17) is 0 Å². The van der Waals surface area contributed by atoms with Crippen LogP contribution in [0.2, 0.25) is 0 Å². The van der Waals surface area contributed by atoms with E-state index in [9.17, 15) is 0 Å². The smallest absolute Gasteiger partial charge is 0.00201 e. The molecule has 0 nitrogen and oxygen atoms in total. The molecule has 0 atom stereocenters. The molecular weight excluding hydrogens is 553 g/mol. The van der Waals surface area contributed by atoms with Gasteiger partial charge >= 0.3 is 0 Å². The molecule has 0 saturated carbocycles. The third-order valence-corrected chi connectivity index (χ3v) is 9.54. The second-order valence-electron chi connectivity index (χ2n) is 11.8. The van der Waals surface area contributed by atoms with E-state index in [1.807, 2.05) is 24.3 Å². The van der Waals surface area contributed by atoms with E-state index in [-0.39, 0.29) is 0 Å². The Labute approximate surface area is 270 Å². The Balaban J connectivity index is 1.31. The molecule has 0 heteroatoms. The van der Waals surface area contributed by atoms with Gasteiger partial charge in [-0.15, -0.1) is 0 Å². The summed E-state index contributed by atoms with van der Waals surface area (Å²) < 4.78 is 0. The van der Waals surface area contributed by atoms with Crippen LogP contribution < -0.4 is 0 Å². The first kappa shape index (κ1) is 27.6. The van der Waals surface area contributed by atoms with E-state index in [1.165, 1.54) is 71.3 Å². The molecule has 216 valence electrons. The lowest BCUT2D eigenvalue weighted by atomic mass is 9.83. The SMILES string of the molecule is C=CC1=C(C=C)c2ccc(-c3ccc(-c4c(C=C)c(C=C)c(-c5ccc6ccccc6c5)c5ccccc45)cc3)c3cccc1c23. The lowest BCUT2D eigenvalue weighted by Crippen LogP contribution is -1.96. The predicted octanol–water partition coefficient (Wildman–Crippen LogP) is 13.0. The summed E-state index contributed by atoms with van der Waals surface area (Å²) >= 11 is 0.